The smallest absolute Gasteiger partial charge is 0.220 e. The van der Waals surface area contributed by atoms with Crippen LogP contribution in [0.15, 0.2) is 0 Å². The maximum absolute atomic E-state index is 11.4. The van der Waals surface area contributed by atoms with E-state index in [0.717, 1.165) is 19.6 Å². The van der Waals surface area contributed by atoms with Crippen molar-refractivity contribution in [2.45, 2.75) is 18.9 Å². The van der Waals surface area contributed by atoms with Crippen LogP contribution in [0.4, 0.5) is 0 Å². The van der Waals surface area contributed by atoms with Gasteiger partial charge < -0.3 is 15.3 Å². The van der Waals surface area contributed by atoms with Crippen LogP contribution in [0.1, 0.15) is 12.8 Å². The molecule has 1 fully saturated rings. The Morgan fingerprint density at radius 2 is 2.19 bits per heavy atom. The number of piperazine rings is 1. The minimum Gasteiger partial charge on any atom is -0.396 e. The highest BCUT2D eigenvalue weighted by molar-refractivity contribution is 5.75. The molecule has 0 aromatic heterocycles. The van der Waals surface area contributed by atoms with E-state index in [-0.39, 0.29) is 12.5 Å². The van der Waals surface area contributed by atoms with Crippen LogP contribution in [-0.2, 0) is 4.79 Å². The maximum Gasteiger partial charge on any atom is 0.220 e. The minimum absolute atomic E-state index is 0.0377. The van der Waals surface area contributed by atoms with Gasteiger partial charge in [-0.25, -0.2) is 0 Å². The number of hydrogen-bond acceptors (Lipinski definition) is 4. The van der Waals surface area contributed by atoms with Gasteiger partial charge in [0.05, 0.1) is 0 Å². The lowest BCUT2D eigenvalue weighted by atomic mass is 10.2. The second kappa shape index (κ2) is 6.83. The Hall–Kier alpha value is -0.650. The van der Waals surface area contributed by atoms with E-state index >= 15 is 0 Å². The van der Waals surface area contributed by atoms with E-state index in [0.29, 0.717) is 25.4 Å². The number of rotatable bonds is 5. The van der Waals surface area contributed by atoms with Crippen LogP contribution >= 0.6 is 0 Å². The van der Waals surface area contributed by atoms with E-state index in [1.54, 1.807) is 0 Å². The second-order valence-electron chi connectivity index (χ2n) is 4.53. The fourth-order valence-electron chi connectivity index (χ4n) is 1.88. The second-order valence-corrected chi connectivity index (χ2v) is 4.53. The zero-order chi connectivity index (χ0) is 12.0. The molecule has 1 amide bonds. The van der Waals surface area contributed by atoms with Gasteiger partial charge in [0, 0.05) is 45.2 Å². The van der Waals surface area contributed by atoms with Gasteiger partial charge in [-0.1, -0.05) is 0 Å². The van der Waals surface area contributed by atoms with E-state index < -0.39 is 0 Å². The van der Waals surface area contributed by atoms with Gasteiger partial charge in [0.25, 0.3) is 0 Å². The summed E-state index contributed by atoms with van der Waals surface area (Å²) in [4.78, 5) is 15.9. The molecule has 16 heavy (non-hydrogen) atoms. The van der Waals surface area contributed by atoms with Crippen molar-refractivity contribution >= 4 is 5.91 Å². The molecule has 0 aliphatic carbocycles. The number of nitrogens with zero attached hydrogens (tertiary/aromatic N) is 2. The average molecular weight is 229 g/mol. The van der Waals surface area contributed by atoms with Gasteiger partial charge in [0.2, 0.25) is 5.91 Å². The largest absolute Gasteiger partial charge is 0.396 e. The number of likely N-dealkylation sites (N-methyl/N-ethyl adjacent to an activating group) is 2. The third kappa shape index (κ3) is 4.47. The van der Waals surface area contributed by atoms with Gasteiger partial charge in [-0.15, -0.1) is 0 Å². The summed E-state index contributed by atoms with van der Waals surface area (Å²) in [6, 6.07) is 0.400. The first-order chi connectivity index (χ1) is 7.63. The fraction of sp³-hybridized carbons (Fsp3) is 0.909. The van der Waals surface area contributed by atoms with Gasteiger partial charge >= 0.3 is 0 Å². The van der Waals surface area contributed by atoms with Crippen LogP contribution < -0.4 is 5.32 Å². The molecule has 1 saturated heterocycles. The molecule has 2 N–H and O–H groups in total. The van der Waals surface area contributed by atoms with Crippen molar-refractivity contribution in [1.29, 1.82) is 0 Å². The Balaban J connectivity index is 2.22. The van der Waals surface area contributed by atoms with E-state index in [1.807, 2.05) is 0 Å². The van der Waals surface area contributed by atoms with Crippen molar-refractivity contribution in [2.75, 3.05) is 46.9 Å². The number of amides is 1. The summed E-state index contributed by atoms with van der Waals surface area (Å²) in [6.07, 6.45) is 0.967. The topological polar surface area (TPSA) is 55.8 Å². The molecule has 0 spiro atoms. The van der Waals surface area contributed by atoms with Gasteiger partial charge in [0.1, 0.15) is 0 Å². The van der Waals surface area contributed by atoms with E-state index in [4.69, 9.17) is 5.11 Å². The summed E-state index contributed by atoms with van der Waals surface area (Å²) in [6.45, 7) is 3.92. The van der Waals surface area contributed by atoms with Gasteiger partial charge in [0.15, 0.2) is 0 Å². The van der Waals surface area contributed by atoms with Gasteiger partial charge in [-0.3, -0.25) is 9.69 Å². The first kappa shape index (κ1) is 13.4. The number of aliphatic hydroxyl groups is 1. The molecule has 0 aromatic rings. The van der Waals surface area contributed by atoms with Crippen LogP contribution in [0.2, 0.25) is 0 Å². The van der Waals surface area contributed by atoms with Gasteiger partial charge in [-0.2, -0.15) is 0 Å². The minimum atomic E-state index is 0.0377. The molecular formula is C11H23N3O2. The zero-order valence-electron chi connectivity index (χ0n) is 10.3. The predicted octanol–water partition coefficient (Wildman–Crippen LogP) is -0.879. The summed E-state index contributed by atoms with van der Waals surface area (Å²) in [5.41, 5.74) is 0. The molecule has 5 nitrogen and oxygen atoms in total. The van der Waals surface area contributed by atoms with Crippen LogP contribution in [0.3, 0.4) is 0 Å². The number of carbonyl (C=O) groups excluding carboxylic acids is 1. The standard InChI is InChI=1S/C11H23N3O2/c1-13-5-6-14(2)10(9-13)8-12-11(16)4-3-7-15/h10,15H,3-9H2,1-2H3,(H,12,16). The normalized spacial score (nSPS) is 23.3. The first-order valence-electron chi connectivity index (χ1n) is 5.90. The first-order valence-corrected chi connectivity index (χ1v) is 5.90. The molecule has 0 bridgehead atoms. The Labute approximate surface area is 97.4 Å². The Morgan fingerprint density at radius 1 is 1.44 bits per heavy atom. The summed E-state index contributed by atoms with van der Waals surface area (Å²) in [5, 5.41) is 11.5. The van der Waals surface area contributed by atoms with Crippen LogP contribution in [-0.4, -0.2) is 73.7 Å². The highest BCUT2D eigenvalue weighted by Crippen LogP contribution is 2.04. The third-order valence-electron chi connectivity index (χ3n) is 3.08. The predicted molar refractivity (Wildman–Crippen MR) is 63.2 cm³/mol. The summed E-state index contributed by atoms with van der Waals surface area (Å²) < 4.78 is 0. The quantitative estimate of drug-likeness (QED) is 0.643. The SMILES string of the molecule is CN1CCN(C)C(CNC(=O)CCCO)C1. The van der Waals surface area contributed by atoms with Gasteiger partial charge in [-0.05, 0) is 20.5 Å². The molecule has 1 unspecified atom stereocenters. The lowest BCUT2D eigenvalue weighted by Crippen LogP contribution is -2.54. The number of aliphatic hydroxyl groups excluding tert-OH is 1. The summed E-state index contributed by atoms with van der Waals surface area (Å²) in [7, 11) is 4.20. The molecule has 0 saturated carbocycles. The highest BCUT2D eigenvalue weighted by atomic mass is 16.3. The molecule has 0 radical (unpaired) electrons. The molecule has 1 atom stereocenters. The highest BCUT2D eigenvalue weighted by Gasteiger charge is 2.22. The molecular weight excluding hydrogens is 206 g/mol. The third-order valence-corrected chi connectivity index (χ3v) is 3.08. The van der Waals surface area contributed by atoms with Crippen molar-refractivity contribution in [2.24, 2.45) is 0 Å². The van der Waals surface area contributed by atoms with Crippen molar-refractivity contribution < 1.29 is 9.90 Å². The lowest BCUT2D eigenvalue weighted by molar-refractivity contribution is -0.121. The van der Waals surface area contributed by atoms with Crippen molar-refractivity contribution in [3.8, 4) is 0 Å². The molecule has 5 heteroatoms. The fourth-order valence-corrected chi connectivity index (χ4v) is 1.88. The number of hydrogen-bond donors (Lipinski definition) is 2. The molecule has 1 rings (SSSR count). The van der Waals surface area contributed by atoms with Crippen molar-refractivity contribution in [3.63, 3.8) is 0 Å². The number of nitrogens with one attached hydrogen (secondary N) is 1. The summed E-state index contributed by atoms with van der Waals surface area (Å²) >= 11 is 0. The van der Waals surface area contributed by atoms with E-state index in [1.165, 1.54) is 0 Å². The monoisotopic (exact) mass is 229 g/mol. The Kier molecular flexibility index (Phi) is 5.73. The molecule has 1 aliphatic heterocycles. The average Bonchev–Trinajstić information content (AvgIpc) is 2.27. The van der Waals surface area contributed by atoms with Crippen LogP contribution in [0.25, 0.3) is 0 Å². The number of carbonyl (C=O) groups is 1. The Bertz CT molecular complexity index is 223. The van der Waals surface area contributed by atoms with E-state index in [9.17, 15) is 4.79 Å². The summed E-state index contributed by atoms with van der Waals surface area (Å²) in [5.74, 6) is 0.0377. The molecule has 1 aliphatic rings. The zero-order valence-corrected chi connectivity index (χ0v) is 10.3. The molecule has 1 heterocycles. The van der Waals surface area contributed by atoms with Crippen LogP contribution in [0, 0.1) is 0 Å². The van der Waals surface area contributed by atoms with Crippen molar-refractivity contribution in [1.82, 2.24) is 15.1 Å². The Morgan fingerprint density at radius 3 is 2.88 bits per heavy atom. The lowest BCUT2D eigenvalue weighted by Gasteiger charge is -2.37. The maximum atomic E-state index is 11.4. The molecule has 0 aromatic carbocycles. The van der Waals surface area contributed by atoms with Crippen LogP contribution in [0.5, 0.6) is 0 Å². The van der Waals surface area contributed by atoms with E-state index in [2.05, 4.69) is 29.2 Å². The van der Waals surface area contributed by atoms with Crippen molar-refractivity contribution in [3.05, 3.63) is 0 Å². The molecule has 94 valence electrons.